The zero-order valence-corrected chi connectivity index (χ0v) is 14.1. The summed E-state index contributed by atoms with van der Waals surface area (Å²) in [7, 11) is 0. The van der Waals surface area contributed by atoms with Gasteiger partial charge in [0.2, 0.25) is 0 Å². The van der Waals surface area contributed by atoms with Crippen LogP contribution in [0, 0.1) is 5.92 Å². The molecule has 0 radical (unpaired) electrons. The summed E-state index contributed by atoms with van der Waals surface area (Å²) in [6, 6.07) is 6.72. The van der Waals surface area contributed by atoms with Gasteiger partial charge < -0.3 is 14.8 Å². The molecule has 20 heavy (non-hydrogen) atoms. The van der Waals surface area contributed by atoms with E-state index in [1.54, 1.807) is 0 Å². The van der Waals surface area contributed by atoms with E-state index in [1.165, 1.54) is 5.56 Å². The summed E-state index contributed by atoms with van der Waals surface area (Å²) < 4.78 is 12.3. The molecule has 0 amide bonds. The van der Waals surface area contributed by atoms with E-state index in [0.29, 0.717) is 24.7 Å². The minimum absolute atomic E-state index is 0.310. The largest absolute Gasteiger partial charge is 0.493 e. The third-order valence-corrected chi connectivity index (χ3v) is 4.52. The zero-order valence-electron chi connectivity index (χ0n) is 12.5. The van der Waals surface area contributed by atoms with E-state index < -0.39 is 0 Å². The van der Waals surface area contributed by atoms with Crippen molar-refractivity contribution >= 4 is 15.9 Å². The molecular formula is C16H24BrNO2. The summed E-state index contributed by atoms with van der Waals surface area (Å²) >= 11 is 3.61. The molecule has 1 aromatic rings. The Morgan fingerprint density at radius 2 is 2.25 bits per heavy atom. The Labute approximate surface area is 130 Å². The average molecular weight is 342 g/mol. The molecule has 1 fully saturated rings. The fourth-order valence-corrected chi connectivity index (χ4v) is 3.42. The lowest BCUT2D eigenvalue weighted by molar-refractivity contribution is 0.0955. The van der Waals surface area contributed by atoms with Gasteiger partial charge in [0.05, 0.1) is 17.2 Å². The quantitative estimate of drug-likeness (QED) is 0.850. The standard InChI is InChI=1S/C16H24BrNO2/c1-4-18-16(13-8-9-20-11(13)3)12-6-7-15(19-5-2)14(17)10-12/h6-7,10-11,13,16,18H,4-5,8-9H2,1-3H3. The highest BCUT2D eigenvalue weighted by Gasteiger charge is 2.32. The van der Waals surface area contributed by atoms with Gasteiger partial charge in [-0.3, -0.25) is 0 Å². The number of rotatable bonds is 6. The Morgan fingerprint density at radius 3 is 2.80 bits per heavy atom. The van der Waals surface area contributed by atoms with Gasteiger partial charge in [-0.2, -0.15) is 0 Å². The molecule has 1 saturated heterocycles. The first kappa shape index (κ1) is 15.8. The molecule has 112 valence electrons. The van der Waals surface area contributed by atoms with Crippen LogP contribution in [0.25, 0.3) is 0 Å². The number of halogens is 1. The Kier molecular flexibility index (Phi) is 5.87. The topological polar surface area (TPSA) is 30.5 Å². The normalized spacial score (nSPS) is 23.8. The van der Waals surface area contributed by atoms with E-state index in [-0.39, 0.29) is 0 Å². The van der Waals surface area contributed by atoms with Gasteiger partial charge in [0.1, 0.15) is 5.75 Å². The fraction of sp³-hybridized carbons (Fsp3) is 0.625. The second-order valence-corrected chi connectivity index (χ2v) is 6.04. The monoisotopic (exact) mass is 341 g/mol. The predicted octanol–water partition coefficient (Wildman–Crippen LogP) is 3.92. The van der Waals surface area contributed by atoms with Gasteiger partial charge in [-0.25, -0.2) is 0 Å². The summed E-state index contributed by atoms with van der Waals surface area (Å²) in [6.07, 6.45) is 1.42. The first-order valence-electron chi connectivity index (χ1n) is 7.44. The molecule has 0 aromatic heterocycles. The van der Waals surface area contributed by atoms with Crippen LogP contribution >= 0.6 is 15.9 Å². The minimum atomic E-state index is 0.310. The summed E-state index contributed by atoms with van der Waals surface area (Å²) in [5.74, 6) is 1.43. The van der Waals surface area contributed by atoms with E-state index in [9.17, 15) is 0 Å². The fourth-order valence-electron chi connectivity index (χ4n) is 2.91. The summed E-state index contributed by atoms with van der Waals surface area (Å²) in [4.78, 5) is 0. The van der Waals surface area contributed by atoms with Crippen molar-refractivity contribution in [3.05, 3.63) is 28.2 Å². The van der Waals surface area contributed by atoms with E-state index in [1.807, 2.05) is 13.0 Å². The van der Waals surface area contributed by atoms with Gasteiger partial charge in [0, 0.05) is 18.6 Å². The number of benzene rings is 1. The van der Waals surface area contributed by atoms with Gasteiger partial charge in [-0.1, -0.05) is 13.0 Å². The number of nitrogens with one attached hydrogen (secondary N) is 1. The second kappa shape index (κ2) is 7.43. The molecule has 0 aliphatic carbocycles. The van der Waals surface area contributed by atoms with E-state index in [0.717, 1.165) is 29.8 Å². The molecule has 0 spiro atoms. The third kappa shape index (κ3) is 3.54. The molecule has 4 heteroatoms. The van der Waals surface area contributed by atoms with Gasteiger partial charge in [0.15, 0.2) is 0 Å². The Bertz CT molecular complexity index is 438. The molecule has 0 bridgehead atoms. The van der Waals surface area contributed by atoms with Crippen LogP contribution in [0.4, 0.5) is 0 Å². The Hall–Kier alpha value is -0.580. The van der Waals surface area contributed by atoms with Crippen LogP contribution in [0.1, 0.15) is 38.8 Å². The van der Waals surface area contributed by atoms with Crippen LogP contribution in [0.2, 0.25) is 0 Å². The maximum atomic E-state index is 5.73. The summed E-state index contributed by atoms with van der Waals surface area (Å²) in [5.41, 5.74) is 1.30. The van der Waals surface area contributed by atoms with Crippen LogP contribution in [0.15, 0.2) is 22.7 Å². The van der Waals surface area contributed by atoms with Crippen molar-refractivity contribution in [2.45, 2.75) is 39.3 Å². The van der Waals surface area contributed by atoms with Crippen molar-refractivity contribution in [2.75, 3.05) is 19.8 Å². The van der Waals surface area contributed by atoms with Crippen molar-refractivity contribution in [3.8, 4) is 5.75 Å². The molecule has 2 rings (SSSR count). The van der Waals surface area contributed by atoms with E-state index >= 15 is 0 Å². The van der Waals surface area contributed by atoms with Crippen LogP contribution < -0.4 is 10.1 Å². The number of ether oxygens (including phenoxy) is 2. The molecule has 3 unspecified atom stereocenters. The molecule has 1 aliphatic rings. The van der Waals surface area contributed by atoms with Crippen LogP contribution in [-0.4, -0.2) is 25.9 Å². The average Bonchev–Trinajstić information content (AvgIpc) is 2.85. The molecule has 1 heterocycles. The Morgan fingerprint density at radius 1 is 1.45 bits per heavy atom. The van der Waals surface area contributed by atoms with Crippen molar-refractivity contribution < 1.29 is 9.47 Å². The SMILES string of the molecule is CCNC(c1ccc(OCC)c(Br)c1)C1CCOC1C. The van der Waals surface area contributed by atoms with Crippen LogP contribution in [0.5, 0.6) is 5.75 Å². The third-order valence-electron chi connectivity index (χ3n) is 3.90. The molecule has 0 saturated carbocycles. The second-order valence-electron chi connectivity index (χ2n) is 5.19. The highest BCUT2D eigenvalue weighted by Crippen LogP contribution is 2.36. The minimum Gasteiger partial charge on any atom is -0.493 e. The maximum Gasteiger partial charge on any atom is 0.133 e. The van der Waals surface area contributed by atoms with Gasteiger partial charge in [-0.05, 0) is 60.4 Å². The summed E-state index contributed by atoms with van der Waals surface area (Å²) in [6.45, 7) is 8.83. The molecule has 1 N–H and O–H groups in total. The lowest BCUT2D eigenvalue weighted by Gasteiger charge is -2.27. The molecule has 3 atom stereocenters. The lowest BCUT2D eigenvalue weighted by atomic mass is 9.88. The maximum absolute atomic E-state index is 5.73. The summed E-state index contributed by atoms with van der Waals surface area (Å²) in [5, 5.41) is 3.61. The van der Waals surface area contributed by atoms with Crippen molar-refractivity contribution in [3.63, 3.8) is 0 Å². The van der Waals surface area contributed by atoms with Gasteiger partial charge >= 0.3 is 0 Å². The lowest BCUT2D eigenvalue weighted by Crippen LogP contribution is -2.31. The predicted molar refractivity (Wildman–Crippen MR) is 85.2 cm³/mol. The highest BCUT2D eigenvalue weighted by molar-refractivity contribution is 9.10. The van der Waals surface area contributed by atoms with Crippen molar-refractivity contribution in [1.29, 1.82) is 0 Å². The number of hydrogen-bond donors (Lipinski definition) is 1. The van der Waals surface area contributed by atoms with Crippen molar-refractivity contribution in [2.24, 2.45) is 5.92 Å². The first-order valence-corrected chi connectivity index (χ1v) is 8.23. The molecular weight excluding hydrogens is 318 g/mol. The zero-order chi connectivity index (χ0) is 14.5. The number of hydrogen-bond acceptors (Lipinski definition) is 3. The molecule has 1 aliphatic heterocycles. The van der Waals surface area contributed by atoms with Crippen molar-refractivity contribution in [1.82, 2.24) is 5.32 Å². The Balaban J connectivity index is 2.22. The highest BCUT2D eigenvalue weighted by atomic mass is 79.9. The van der Waals surface area contributed by atoms with E-state index in [4.69, 9.17) is 9.47 Å². The smallest absolute Gasteiger partial charge is 0.133 e. The van der Waals surface area contributed by atoms with Gasteiger partial charge in [0.25, 0.3) is 0 Å². The molecule has 3 nitrogen and oxygen atoms in total. The van der Waals surface area contributed by atoms with E-state index in [2.05, 4.69) is 47.2 Å². The first-order chi connectivity index (χ1) is 9.67. The van der Waals surface area contributed by atoms with Crippen LogP contribution in [-0.2, 0) is 4.74 Å². The van der Waals surface area contributed by atoms with Gasteiger partial charge in [-0.15, -0.1) is 0 Å². The van der Waals surface area contributed by atoms with Crippen LogP contribution in [0.3, 0.4) is 0 Å². The molecule has 1 aromatic carbocycles.